The van der Waals surface area contributed by atoms with Gasteiger partial charge in [-0.05, 0) is 167 Å². The molecule has 5 heterocycles. The highest BCUT2D eigenvalue weighted by molar-refractivity contribution is 7.26. The van der Waals surface area contributed by atoms with Crippen molar-refractivity contribution < 1.29 is 22.0 Å². The van der Waals surface area contributed by atoms with Crippen molar-refractivity contribution in [3.63, 3.8) is 0 Å². The monoisotopic (exact) mass is 1810 g/mol. The van der Waals surface area contributed by atoms with Gasteiger partial charge in [0.25, 0.3) is 0 Å². The fourth-order valence-corrected chi connectivity index (χ4v) is 23.7. The summed E-state index contributed by atoms with van der Waals surface area (Å²) >= 11 is 1.90. The first kappa shape index (κ1) is 82.1. The second-order valence-electron chi connectivity index (χ2n) is 35.7. The van der Waals surface area contributed by atoms with Gasteiger partial charge in [-0.25, -0.2) is 22.0 Å². The SMILES string of the molecule is Fc1c(F)c(F)c(-n2c3ccccc3c3cc4c(cc32)c2ccccc2n4-c2cc3ccccc3cc2-c2ccccc2)c(F)c1F.c1ccc(-c2ccc(-n3c4ccccc4c4ccc5c(c43)-c3ccccc3C5(c3ccccc3)c3ccccc3)c3ccccc23)cc1.c1ccc(-c2ccccc2-c2ccc(-n3c4ccccc4c4c(-c5ccccc5)c5sc6ccccc6c5cc43)cc2)cc1. The number of para-hydroxylation sites is 4. The highest BCUT2D eigenvalue weighted by Crippen LogP contribution is 2.60. The number of hydrogen-bond donors (Lipinski definition) is 0. The fourth-order valence-electron chi connectivity index (χ4n) is 22.4. The van der Waals surface area contributed by atoms with E-state index in [0.717, 1.165) is 59.6 Å². The number of fused-ring (bicyclic) bond motifs is 21. The molecule has 5 aromatic heterocycles. The lowest BCUT2D eigenvalue weighted by Crippen LogP contribution is -2.28. The van der Waals surface area contributed by atoms with Crippen LogP contribution in [0.1, 0.15) is 22.3 Å². The maximum atomic E-state index is 15.4. The highest BCUT2D eigenvalue weighted by Gasteiger charge is 2.47. The van der Waals surface area contributed by atoms with E-state index < -0.39 is 40.2 Å². The van der Waals surface area contributed by atoms with Gasteiger partial charge in [-0.1, -0.05) is 400 Å². The van der Waals surface area contributed by atoms with Gasteiger partial charge in [0.2, 0.25) is 5.82 Å². The number of aromatic nitrogens is 4. The van der Waals surface area contributed by atoms with Crippen molar-refractivity contribution in [3.8, 4) is 89.5 Å². The van der Waals surface area contributed by atoms with Gasteiger partial charge < -0.3 is 18.3 Å². The average Bonchev–Trinajstić information content (AvgIpc) is 1.52. The quantitative estimate of drug-likeness (QED) is 0.0699. The number of nitrogens with zero attached hydrogens (tertiary/aromatic N) is 4. The summed E-state index contributed by atoms with van der Waals surface area (Å²) in [7, 11) is 0. The Bertz CT molecular complexity index is 9550. The van der Waals surface area contributed by atoms with Gasteiger partial charge in [0.1, 0.15) is 5.69 Å². The minimum atomic E-state index is -2.19. The number of thiophene rings is 1. The van der Waals surface area contributed by atoms with E-state index in [1.54, 1.807) is 30.3 Å². The minimum absolute atomic E-state index is 0.310. The summed E-state index contributed by atoms with van der Waals surface area (Å²) in [5.41, 5.74) is 28.9. The van der Waals surface area contributed by atoms with Gasteiger partial charge in [-0.15, -0.1) is 11.3 Å². The Morgan fingerprint density at radius 1 is 0.209 bits per heavy atom. The molecule has 0 saturated heterocycles. The van der Waals surface area contributed by atoms with Gasteiger partial charge in [-0.3, -0.25) is 0 Å². The predicted octanol–water partition coefficient (Wildman–Crippen LogP) is 35.5. The topological polar surface area (TPSA) is 19.7 Å². The Morgan fingerprint density at radius 3 is 1.22 bits per heavy atom. The number of hydrogen-bond acceptors (Lipinski definition) is 1. The molecule has 0 aliphatic heterocycles. The summed E-state index contributed by atoms with van der Waals surface area (Å²) in [6.45, 7) is 0. The van der Waals surface area contributed by atoms with E-state index in [1.807, 2.05) is 72.0 Å². The maximum Gasteiger partial charge on any atom is 0.200 e. The third-order valence-electron chi connectivity index (χ3n) is 28.4. The van der Waals surface area contributed by atoms with Crippen molar-refractivity contribution in [1.29, 1.82) is 0 Å². The highest BCUT2D eigenvalue weighted by atomic mass is 32.1. The summed E-state index contributed by atoms with van der Waals surface area (Å²) in [5.74, 6) is -9.97. The largest absolute Gasteiger partial charge is 0.309 e. The van der Waals surface area contributed by atoms with Crippen LogP contribution in [0.5, 0.6) is 0 Å². The van der Waals surface area contributed by atoms with Crippen molar-refractivity contribution in [2.45, 2.75) is 5.41 Å². The molecule has 1 aliphatic carbocycles. The lowest BCUT2D eigenvalue weighted by molar-refractivity contribution is 0.376. The Balaban J connectivity index is 0.000000108. The first-order valence-electron chi connectivity index (χ1n) is 46.7. The Morgan fingerprint density at radius 2 is 0.626 bits per heavy atom. The normalized spacial score (nSPS) is 12.3. The molecule has 0 atom stereocenters. The maximum absolute atomic E-state index is 15.4. The molecule has 0 amide bonds. The van der Waals surface area contributed by atoms with Crippen LogP contribution in [0.2, 0.25) is 0 Å². The molecule has 0 bridgehead atoms. The molecule has 22 aromatic carbocycles. The van der Waals surface area contributed by atoms with Crippen LogP contribution >= 0.6 is 11.3 Å². The van der Waals surface area contributed by atoms with E-state index in [4.69, 9.17) is 0 Å². The number of rotatable bonds is 11. The number of benzene rings is 22. The molecule has 0 fully saturated rings. The number of halogens is 5. The fraction of sp³-hybridized carbons (Fsp3) is 0.00775. The van der Waals surface area contributed by atoms with Crippen LogP contribution in [0, 0.1) is 29.1 Å². The van der Waals surface area contributed by atoms with Gasteiger partial charge in [0.05, 0.1) is 60.9 Å². The molecule has 1 aliphatic rings. The second kappa shape index (κ2) is 33.2. The van der Waals surface area contributed by atoms with Crippen LogP contribution in [0.4, 0.5) is 22.0 Å². The molecule has 0 spiro atoms. The van der Waals surface area contributed by atoms with Crippen LogP contribution in [0.3, 0.4) is 0 Å². The molecule has 0 saturated carbocycles. The van der Waals surface area contributed by atoms with E-state index in [1.165, 1.54) is 158 Å². The zero-order valence-corrected chi connectivity index (χ0v) is 75.5. The third kappa shape index (κ3) is 12.9. The standard InChI is InChI=1S/C47H31N.C42H27NS.C40H21F5N2/c1-4-16-32(17-5-1)35-29-31-44(37-23-11-10-22-36(35)37)48-43-27-15-13-24-38(43)39-28-30-42-45(46(39)48)40-25-12-14-26-41(40)47(42,33-18-6-2-7-19-33)34-20-8-3-9-21-34;1-3-13-28(14-4-1)32-17-7-8-18-33(32)29-23-25-31(26-24-29)43-37-21-11-9-20-35(37)41-38(43)27-36-34-19-10-12-22-39(34)44-42(36)40(41)30-15-5-2-6-16-30;41-35-36(42)38(44)40(39(45)37(35)43)47-31-17-9-7-15-26(31)29-20-33-28(21-34(29)47)25-14-6-8-16-30(25)46(33)32-19-24-13-5-4-12-23(24)18-27(32)22-10-2-1-3-11-22/h1-31H;1-27H;1-21H. The first-order valence-corrected chi connectivity index (χ1v) is 47.5. The van der Waals surface area contributed by atoms with Crippen molar-refractivity contribution in [2.24, 2.45) is 0 Å². The lowest BCUT2D eigenvalue weighted by Gasteiger charge is -2.33. The van der Waals surface area contributed by atoms with Crippen LogP contribution in [0.15, 0.2) is 479 Å². The van der Waals surface area contributed by atoms with Crippen molar-refractivity contribution in [2.75, 3.05) is 0 Å². The molecule has 656 valence electrons. The Kier molecular flexibility index (Phi) is 19.6. The molecular weight excluding hydrogens is 1730 g/mol. The molecule has 4 nitrogen and oxygen atoms in total. The van der Waals surface area contributed by atoms with Gasteiger partial charge >= 0.3 is 0 Å². The summed E-state index contributed by atoms with van der Waals surface area (Å²) in [6.07, 6.45) is 0. The molecule has 27 aromatic rings. The Labute approximate surface area is 800 Å². The first-order chi connectivity index (χ1) is 68.6. The van der Waals surface area contributed by atoms with E-state index in [-0.39, 0.29) is 0 Å². The Hall–Kier alpha value is -17.6. The van der Waals surface area contributed by atoms with Crippen LogP contribution in [0.25, 0.3) is 218 Å². The van der Waals surface area contributed by atoms with E-state index in [2.05, 4.69) is 402 Å². The second-order valence-corrected chi connectivity index (χ2v) is 36.8. The third-order valence-corrected chi connectivity index (χ3v) is 29.6. The predicted molar refractivity (Wildman–Crippen MR) is 569 cm³/mol. The molecule has 0 unspecified atom stereocenters. The van der Waals surface area contributed by atoms with Gasteiger partial charge in [-0.2, -0.15) is 0 Å². The summed E-state index contributed by atoms with van der Waals surface area (Å²) in [6, 6.07) is 170. The average molecular weight is 1810 g/mol. The van der Waals surface area contributed by atoms with E-state index in [9.17, 15) is 13.2 Å². The molecule has 28 rings (SSSR count). The van der Waals surface area contributed by atoms with Crippen LogP contribution in [-0.2, 0) is 5.41 Å². The van der Waals surface area contributed by atoms with Gasteiger partial charge in [0, 0.05) is 91.0 Å². The summed E-state index contributed by atoms with van der Waals surface area (Å²) in [4.78, 5) is 0. The van der Waals surface area contributed by atoms with Gasteiger partial charge in [0.15, 0.2) is 23.3 Å². The van der Waals surface area contributed by atoms with Crippen LogP contribution in [-0.4, -0.2) is 18.3 Å². The lowest BCUT2D eigenvalue weighted by atomic mass is 9.67. The van der Waals surface area contributed by atoms with E-state index >= 15 is 8.78 Å². The van der Waals surface area contributed by atoms with Crippen molar-refractivity contribution in [3.05, 3.63) is 531 Å². The molecule has 139 heavy (non-hydrogen) atoms. The van der Waals surface area contributed by atoms with Crippen molar-refractivity contribution >= 4 is 140 Å². The smallest absolute Gasteiger partial charge is 0.200 e. The zero-order valence-electron chi connectivity index (χ0n) is 74.7. The van der Waals surface area contributed by atoms with Crippen LogP contribution < -0.4 is 0 Å². The molecule has 0 radical (unpaired) electrons. The van der Waals surface area contributed by atoms with Crippen molar-refractivity contribution in [1.82, 2.24) is 18.3 Å². The summed E-state index contributed by atoms with van der Waals surface area (Å²) < 4.78 is 85.0. The summed E-state index contributed by atoms with van der Waals surface area (Å²) in [5, 5.41) is 15.2. The molecule has 10 heteroatoms. The minimum Gasteiger partial charge on any atom is -0.309 e. The zero-order chi connectivity index (χ0) is 92.7. The molecular formula is C129H79F5N4S. The van der Waals surface area contributed by atoms with E-state index in [0.29, 0.717) is 21.8 Å². The molecule has 0 N–H and O–H groups in total.